The normalized spacial score (nSPS) is 12.3. The van der Waals surface area contributed by atoms with Crippen LogP contribution < -0.4 is 16.0 Å². The summed E-state index contributed by atoms with van der Waals surface area (Å²) >= 11 is 3.01. The van der Waals surface area contributed by atoms with E-state index >= 15 is 0 Å². The van der Waals surface area contributed by atoms with Gasteiger partial charge in [-0.1, -0.05) is 74.5 Å². The van der Waals surface area contributed by atoms with E-state index in [2.05, 4.69) is 39.8 Å². The van der Waals surface area contributed by atoms with Crippen molar-refractivity contribution in [3.05, 3.63) is 104 Å². The van der Waals surface area contributed by atoms with Crippen molar-refractivity contribution in [3.8, 4) is 0 Å². The number of hydrogen-bond acceptors (Lipinski definition) is 8. The van der Waals surface area contributed by atoms with E-state index in [0.29, 0.717) is 38.1 Å². The molecule has 0 bridgehead atoms. The topological polar surface area (TPSA) is 126 Å². The highest BCUT2D eigenvalue weighted by Gasteiger charge is 2.20. The van der Waals surface area contributed by atoms with E-state index in [1.54, 1.807) is 30.1 Å². The first kappa shape index (κ1) is 34.6. The number of benzene rings is 2. The molecule has 0 saturated heterocycles. The number of hydrogen-bond donors (Lipinski definition) is 3. The van der Waals surface area contributed by atoms with Gasteiger partial charge in [-0.3, -0.25) is 9.78 Å². The van der Waals surface area contributed by atoms with Crippen molar-refractivity contribution in [3.63, 3.8) is 0 Å². The maximum absolute atomic E-state index is 13.1. The predicted molar refractivity (Wildman–Crippen MR) is 182 cm³/mol. The Hall–Kier alpha value is -4.29. The van der Waals surface area contributed by atoms with Gasteiger partial charge in [-0.2, -0.15) is 0 Å². The van der Waals surface area contributed by atoms with Gasteiger partial charge in [0.1, 0.15) is 6.61 Å². The van der Waals surface area contributed by atoms with Gasteiger partial charge in [-0.15, -0.1) is 22.7 Å². The number of amides is 4. The number of urea groups is 1. The van der Waals surface area contributed by atoms with Crippen molar-refractivity contribution in [2.75, 3.05) is 13.6 Å². The van der Waals surface area contributed by atoms with E-state index in [1.165, 1.54) is 16.2 Å². The van der Waals surface area contributed by atoms with Crippen LogP contribution in [-0.2, 0) is 35.5 Å². The van der Waals surface area contributed by atoms with Crippen LogP contribution in [0.4, 0.5) is 9.59 Å². The fraction of sp³-hybridized carbons (Fsp3) is 0.382. The summed E-state index contributed by atoms with van der Waals surface area (Å²) in [6.07, 6.45) is 3.61. The standard InChI is InChI=1S/C34H42N6O4S2/c1-24(2)32-38-29(22-45-32)20-40(3)33(42)36-19-31(41)37-27(16-25-10-6-4-7-11-25)14-15-28(17-26-12-8-5-9-13-26)39-34(43)44-21-30-18-35-23-46-30/h4-13,18,22-24,27-28H,14-17,19-21H2,1-3H3,(H,36,42)(H,37,41)(H,39,43)/t27-,28-/m0/s1. The smallest absolute Gasteiger partial charge is 0.407 e. The van der Waals surface area contributed by atoms with Crippen LogP contribution in [0.15, 0.2) is 77.8 Å². The Morgan fingerprint density at radius 3 is 2.09 bits per heavy atom. The molecule has 2 aromatic heterocycles. The maximum Gasteiger partial charge on any atom is 0.407 e. The third-order valence-electron chi connectivity index (χ3n) is 7.24. The van der Waals surface area contributed by atoms with Crippen molar-refractivity contribution < 1.29 is 19.1 Å². The number of alkyl carbamates (subject to hydrolysis) is 1. The van der Waals surface area contributed by atoms with Gasteiger partial charge in [-0.25, -0.2) is 14.6 Å². The summed E-state index contributed by atoms with van der Waals surface area (Å²) in [6, 6.07) is 19.1. The zero-order valence-electron chi connectivity index (χ0n) is 26.5. The van der Waals surface area contributed by atoms with E-state index in [9.17, 15) is 14.4 Å². The number of aromatic nitrogens is 2. The van der Waals surface area contributed by atoms with E-state index in [4.69, 9.17) is 4.74 Å². The van der Waals surface area contributed by atoms with E-state index < -0.39 is 6.09 Å². The Morgan fingerprint density at radius 1 is 0.891 bits per heavy atom. The molecule has 0 aliphatic carbocycles. The lowest BCUT2D eigenvalue weighted by atomic mass is 9.96. The Morgan fingerprint density at radius 2 is 1.52 bits per heavy atom. The summed E-state index contributed by atoms with van der Waals surface area (Å²) in [5, 5.41) is 11.8. The van der Waals surface area contributed by atoms with Gasteiger partial charge in [-0.05, 0) is 36.8 Å². The second-order valence-electron chi connectivity index (χ2n) is 11.5. The van der Waals surface area contributed by atoms with Crippen molar-refractivity contribution in [1.29, 1.82) is 0 Å². The molecule has 244 valence electrons. The molecule has 12 heteroatoms. The molecule has 10 nitrogen and oxygen atoms in total. The van der Waals surface area contributed by atoms with Gasteiger partial charge in [0.15, 0.2) is 0 Å². The SMILES string of the molecule is CC(C)c1nc(CN(C)C(=O)NCC(=O)N[C@@H](CC[C@@H](Cc2ccccc2)NC(=O)OCc2cncs2)Cc2ccccc2)cs1. The summed E-state index contributed by atoms with van der Waals surface area (Å²) in [5.74, 6) is 0.0489. The predicted octanol–water partition coefficient (Wildman–Crippen LogP) is 5.91. The third kappa shape index (κ3) is 11.9. The number of ether oxygens (including phenoxy) is 1. The number of carbonyl (C=O) groups excluding carboxylic acids is 3. The lowest BCUT2D eigenvalue weighted by Gasteiger charge is -2.24. The molecule has 0 aliphatic heterocycles. The summed E-state index contributed by atoms with van der Waals surface area (Å²) in [6.45, 7) is 4.53. The van der Waals surface area contributed by atoms with Crippen LogP contribution in [0.1, 0.15) is 59.3 Å². The van der Waals surface area contributed by atoms with Crippen molar-refractivity contribution in [2.45, 2.75) is 70.7 Å². The molecule has 0 aliphatic rings. The highest BCUT2D eigenvalue weighted by Crippen LogP contribution is 2.20. The highest BCUT2D eigenvalue weighted by molar-refractivity contribution is 7.09. The number of carbonyl (C=O) groups is 3. The zero-order valence-corrected chi connectivity index (χ0v) is 28.1. The second kappa shape index (κ2) is 18.0. The summed E-state index contributed by atoms with van der Waals surface area (Å²) in [7, 11) is 1.68. The van der Waals surface area contributed by atoms with Crippen LogP contribution in [0.2, 0.25) is 0 Å². The monoisotopic (exact) mass is 662 g/mol. The van der Waals surface area contributed by atoms with Crippen LogP contribution >= 0.6 is 22.7 Å². The quantitative estimate of drug-likeness (QED) is 0.137. The highest BCUT2D eigenvalue weighted by atomic mass is 32.1. The maximum atomic E-state index is 13.1. The molecule has 2 atom stereocenters. The van der Waals surface area contributed by atoms with E-state index in [-0.39, 0.29) is 37.2 Å². The summed E-state index contributed by atoms with van der Waals surface area (Å²) in [5.41, 5.74) is 4.69. The molecule has 46 heavy (non-hydrogen) atoms. The minimum absolute atomic E-state index is 0.154. The third-order valence-corrected chi connectivity index (χ3v) is 9.19. The van der Waals surface area contributed by atoms with Crippen LogP contribution in [-0.4, -0.2) is 58.6 Å². The van der Waals surface area contributed by atoms with Crippen LogP contribution in [0.25, 0.3) is 0 Å². The minimum atomic E-state index is -0.497. The van der Waals surface area contributed by atoms with Crippen molar-refractivity contribution in [1.82, 2.24) is 30.8 Å². The fourth-order valence-corrected chi connectivity index (χ4v) is 6.19. The van der Waals surface area contributed by atoms with Crippen molar-refractivity contribution >= 4 is 40.7 Å². The molecular weight excluding hydrogens is 621 g/mol. The Balaban J connectivity index is 1.34. The molecule has 4 rings (SSSR count). The lowest BCUT2D eigenvalue weighted by Crippen LogP contribution is -2.46. The van der Waals surface area contributed by atoms with Crippen LogP contribution in [0.5, 0.6) is 0 Å². The van der Waals surface area contributed by atoms with Gasteiger partial charge < -0.3 is 25.6 Å². The molecule has 4 aromatic rings. The van der Waals surface area contributed by atoms with Gasteiger partial charge in [0, 0.05) is 36.6 Å². The Labute approximate surface area is 278 Å². The molecule has 2 aromatic carbocycles. The molecule has 0 radical (unpaired) electrons. The lowest BCUT2D eigenvalue weighted by molar-refractivity contribution is -0.120. The first-order valence-electron chi connectivity index (χ1n) is 15.4. The summed E-state index contributed by atoms with van der Waals surface area (Å²) < 4.78 is 5.45. The zero-order chi connectivity index (χ0) is 32.7. The van der Waals surface area contributed by atoms with Gasteiger partial charge in [0.05, 0.1) is 34.2 Å². The van der Waals surface area contributed by atoms with E-state index in [0.717, 1.165) is 26.7 Å². The average molecular weight is 663 g/mol. The second-order valence-corrected chi connectivity index (χ2v) is 13.3. The van der Waals surface area contributed by atoms with Gasteiger partial charge in [0.2, 0.25) is 5.91 Å². The molecule has 4 amide bonds. The average Bonchev–Trinajstić information content (AvgIpc) is 3.75. The summed E-state index contributed by atoms with van der Waals surface area (Å²) in [4.78, 5) is 49.5. The fourth-order valence-electron chi connectivity index (χ4n) is 4.85. The first-order chi connectivity index (χ1) is 22.2. The Bertz CT molecular complexity index is 1500. The van der Waals surface area contributed by atoms with Gasteiger partial charge >= 0.3 is 12.1 Å². The molecule has 3 N–H and O–H groups in total. The molecule has 0 saturated carbocycles. The van der Waals surface area contributed by atoms with Crippen LogP contribution in [0.3, 0.4) is 0 Å². The van der Waals surface area contributed by atoms with Gasteiger partial charge in [0.25, 0.3) is 0 Å². The number of nitrogens with zero attached hydrogens (tertiary/aromatic N) is 3. The molecule has 0 unspecified atom stereocenters. The first-order valence-corrected chi connectivity index (χ1v) is 17.1. The Kier molecular flexibility index (Phi) is 13.5. The molecule has 2 heterocycles. The number of nitrogens with one attached hydrogen (secondary N) is 3. The van der Waals surface area contributed by atoms with Crippen LogP contribution in [0, 0.1) is 0 Å². The molecular formula is C34H42N6O4S2. The molecule has 0 fully saturated rings. The van der Waals surface area contributed by atoms with E-state index in [1.807, 2.05) is 66.0 Å². The minimum Gasteiger partial charge on any atom is -0.444 e. The number of thiazole rings is 2. The number of rotatable bonds is 16. The largest absolute Gasteiger partial charge is 0.444 e. The molecule has 0 spiro atoms. The van der Waals surface area contributed by atoms with Crippen molar-refractivity contribution in [2.24, 2.45) is 0 Å².